The van der Waals surface area contributed by atoms with Gasteiger partial charge in [0.2, 0.25) is 5.89 Å². The molecule has 118 valence electrons. The Hall–Kier alpha value is -3.41. The molecule has 0 aliphatic rings. The standard InChI is InChI=1S/C18H11FN2O3/c1-2-17-20-14-6-3-10(7-16(14)24-17)13-9-21(18(22)23)15-8-11(19)4-5-12(13)15/h2-9H,1H2,(H,22,23). The zero-order valence-electron chi connectivity index (χ0n) is 12.4. The van der Waals surface area contributed by atoms with Crippen LogP contribution in [0.15, 0.2) is 53.6 Å². The molecular formula is C18H11FN2O3. The zero-order valence-corrected chi connectivity index (χ0v) is 12.4. The largest absolute Gasteiger partial charge is 0.464 e. The van der Waals surface area contributed by atoms with Crippen molar-refractivity contribution in [1.29, 1.82) is 0 Å². The summed E-state index contributed by atoms with van der Waals surface area (Å²) >= 11 is 0. The lowest BCUT2D eigenvalue weighted by Crippen LogP contribution is -2.05. The lowest BCUT2D eigenvalue weighted by molar-refractivity contribution is 0.197. The first-order chi connectivity index (χ1) is 11.6. The number of fused-ring (bicyclic) bond motifs is 2. The van der Waals surface area contributed by atoms with Gasteiger partial charge in [-0.3, -0.25) is 4.57 Å². The number of hydrogen-bond acceptors (Lipinski definition) is 3. The number of aromatic nitrogens is 2. The summed E-state index contributed by atoms with van der Waals surface area (Å²) in [6.45, 7) is 3.62. The molecule has 0 unspecified atom stereocenters. The average molecular weight is 322 g/mol. The van der Waals surface area contributed by atoms with Gasteiger partial charge in [0.05, 0.1) is 5.52 Å². The molecule has 0 atom stereocenters. The Kier molecular flexibility index (Phi) is 2.99. The molecule has 0 saturated heterocycles. The SMILES string of the molecule is C=Cc1nc2ccc(-c3cn(C(=O)O)c4cc(F)ccc34)cc2o1. The number of oxazole rings is 1. The summed E-state index contributed by atoms with van der Waals surface area (Å²) in [5, 5.41) is 9.98. The summed E-state index contributed by atoms with van der Waals surface area (Å²) in [7, 11) is 0. The number of hydrogen-bond donors (Lipinski definition) is 1. The van der Waals surface area contributed by atoms with Gasteiger partial charge >= 0.3 is 6.09 Å². The zero-order chi connectivity index (χ0) is 16.8. The maximum Gasteiger partial charge on any atom is 0.416 e. The van der Waals surface area contributed by atoms with E-state index >= 15 is 0 Å². The molecule has 1 N–H and O–H groups in total. The molecule has 0 bridgehead atoms. The van der Waals surface area contributed by atoms with Gasteiger partial charge in [-0.05, 0) is 42.0 Å². The quantitative estimate of drug-likeness (QED) is 0.578. The lowest BCUT2D eigenvalue weighted by atomic mass is 10.0. The molecule has 0 aliphatic carbocycles. The molecule has 4 aromatic rings. The monoisotopic (exact) mass is 322 g/mol. The second kappa shape index (κ2) is 5.06. The van der Waals surface area contributed by atoms with Crippen LogP contribution in [0.3, 0.4) is 0 Å². The Bertz CT molecular complexity index is 1120. The highest BCUT2D eigenvalue weighted by Crippen LogP contribution is 2.33. The van der Waals surface area contributed by atoms with Crippen molar-refractivity contribution in [2.45, 2.75) is 0 Å². The Morgan fingerprint density at radius 3 is 2.88 bits per heavy atom. The molecule has 4 rings (SSSR count). The van der Waals surface area contributed by atoms with Gasteiger partial charge in [0.25, 0.3) is 0 Å². The Labute approximate surface area is 135 Å². The van der Waals surface area contributed by atoms with E-state index in [4.69, 9.17) is 4.42 Å². The average Bonchev–Trinajstić information content (AvgIpc) is 3.14. The number of carbonyl (C=O) groups is 1. The van der Waals surface area contributed by atoms with Crippen LogP contribution in [0, 0.1) is 5.82 Å². The van der Waals surface area contributed by atoms with Gasteiger partial charge in [-0.15, -0.1) is 0 Å². The van der Waals surface area contributed by atoms with Gasteiger partial charge in [0.1, 0.15) is 11.3 Å². The number of halogens is 1. The molecule has 0 radical (unpaired) electrons. The topological polar surface area (TPSA) is 68.3 Å². The predicted molar refractivity (Wildman–Crippen MR) is 88.4 cm³/mol. The van der Waals surface area contributed by atoms with Crippen molar-refractivity contribution in [3.05, 3.63) is 60.9 Å². The van der Waals surface area contributed by atoms with Crippen molar-refractivity contribution in [3.8, 4) is 11.1 Å². The van der Waals surface area contributed by atoms with Crippen molar-refractivity contribution in [2.75, 3.05) is 0 Å². The van der Waals surface area contributed by atoms with Crippen LogP contribution >= 0.6 is 0 Å². The second-order valence-corrected chi connectivity index (χ2v) is 5.30. The van der Waals surface area contributed by atoms with Crippen LogP contribution in [0.4, 0.5) is 9.18 Å². The van der Waals surface area contributed by atoms with Crippen LogP contribution in [-0.4, -0.2) is 20.8 Å². The van der Waals surface area contributed by atoms with Crippen LogP contribution in [-0.2, 0) is 0 Å². The van der Waals surface area contributed by atoms with Crippen LogP contribution in [0.2, 0.25) is 0 Å². The molecule has 0 amide bonds. The van der Waals surface area contributed by atoms with E-state index in [0.717, 1.165) is 10.1 Å². The lowest BCUT2D eigenvalue weighted by Gasteiger charge is -1.99. The van der Waals surface area contributed by atoms with E-state index in [1.165, 1.54) is 24.4 Å². The Morgan fingerprint density at radius 1 is 1.29 bits per heavy atom. The number of nitrogens with zero attached hydrogens (tertiary/aromatic N) is 2. The van der Waals surface area contributed by atoms with Crippen LogP contribution in [0.25, 0.3) is 39.2 Å². The van der Waals surface area contributed by atoms with E-state index in [2.05, 4.69) is 11.6 Å². The third-order valence-corrected chi connectivity index (χ3v) is 3.86. The third-order valence-electron chi connectivity index (χ3n) is 3.86. The summed E-state index contributed by atoms with van der Waals surface area (Å²) in [6.07, 6.45) is 1.81. The van der Waals surface area contributed by atoms with E-state index in [1.54, 1.807) is 18.2 Å². The van der Waals surface area contributed by atoms with Gasteiger partial charge in [-0.25, -0.2) is 14.2 Å². The van der Waals surface area contributed by atoms with Gasteiger partial charge in [0, 0.05) is 17.1 Å². The van der Waals surface area contributed by atoms with Gasteiger partial charge in [-0.2, -0.15) is 0 Å². The highest BCUT2D eigenvalue weighted by molar-refractivity contribution is 6.01. The molecule has 6 heteroatoms. The number of carboxylic acid groups (broad SMARTS) is 1. The van der Waals surface area contributed by atoms with Gasteiger partial charge in [0.15, 0.2) is 5.58 Å². The minimum Gasteiger partial charge on any atom is -0.464 e. The molecule has 0 spiro atoms. The molecule has 0 saturated carbocycles. The molecule has 0 aliphatic heterocycles. The number of rotatable bonds is 2. The first-order valence-electron chi connectivity index (χ1n) is 7.14. The van der Waals surface area contributed by atoms with Gasteiger partial charge in [-0.1, -0.05) is 12.6 Å². The normalized spacial score (nSPS) is 11.2. The minimum absolute atomic E-state index is 0.293. The fourth-order valence-corrected chi connectivity index (χ4v) is 2.79. The van der Waals surface area contributed by atoms with Crippen molar-refractivity contribution in [3.63, 3.8) is 0 Å². The number of benzene rings is 2. The van der Waals surface area contributed by atoms with Crippen molar-refractivity contribution >= 4 is 34.2 Å². The first-order valence-corrected chi connectivity index (χ1v) is 7.14. The molecular weight excluding hydrogens is 311 g/mol. The van der Waals surface area contributed by atoms with Crippen LogP contribution in [0.1, 0.15) is 5.89 Å². The molecule has 24 heavy (non-hydrogen) atoms. The van der Waals surface area contributed by atoms with Crippen molar-refractivity contribution in [1.82, 2.24) is 9.55 Å². The van der Waals surface area contributed by atoms with Crippen LogP contribution in [0.5, 0.6) is 0 Å². The van der Waals surface area contributed by atoms with E-state index in [1.807, 2.05) is 6.07 Å². The molecule has 5 nitrogen and oxygen atoms in total. The maximum absolute atomic E-state index is 13.5. The van der Waals surface area contributed by atoms with Crippen molar-refractivity contribution < 1.29 is 18.7 Å². The summed E-state index contributed by atoms with van der Waals surface area (Å²) in [5.41, 5.74) is 2.97. The molecule has 2 aromatic heterocycles. The molecule has 0 fully saturated rings. The highest BCUT2D eigenvalue weighted by Gasteiger charge is 2.16. The minimum atomic E-state index is -1.17. The maximum atomic E-state index is 13.5. The molecule has 2 heterocycles. The van der Waals surface area contributed by atoms with Crippen molar-refractivity contribution in [2.24, 2.45) is 0 Å². The highest BCUT2D eigenvalue weighted by atomic mass is 19.1. The first kappa shape index (κ1) is 14.2. The summed E-state index contributed by atoms with van der Waals surface area (Å²) in [4.78, 5) is 15.7. The molecule has 2 aromatic carbocycles. The smallest absolute Gasteiger partial charge is 0.416 e. The van der Waals surface area contributed by atoms with E-state index in [-0.39, 0.29) is 0 Å². The predicted octanol–water partition coefficient (Wildman–Crippen LogP) is 4.76. The fraction of sp³-hybridized carbons (Fsp3) is 0. The summed E-state index contributed by atoms with van der Waals surface area (Å²) in [5.74, 6) is -0.0758. The second-order valence-electron chi connectivity index (χ2n) is 5.30. The summed E-state index contributed by atoms with van der Waals surface area (Å²) in [6, 6.07) is 9.46. The third kappa shape index (κ3) is 2.08. The van der Waals surface area contributed by atoms with Crippen LogP contribution < -0.4 is 0 Å². The fourth-order valence-electron chi connectivity index (χ4n) is 2.79. The van der Waals surface area contributed by atoms with E-state index < -0.39 is 11.9 Å². The Balaban J connectivity index is 1.98. The summed E-state index contributed by atoms with van der Waals surface area (Å²) < 4.78 is 20.1. The van der Waals surface area contributed by atoms with E-state index in [0.29, 0.717) is 33.5 Å². The van der Waals surface area contributed by atoms with Gasteiger partial charge < -0.3 is 9.52 Å². The Morgan fingerprint density at radius 2 is 2.12 bits per heavy atom. The van der Waals surface area contributed by atoms with E-state index in [9.17, 15) is 14.3 Å².